The molecule has 1 unspecified atom stereocenters. The molecule has 80 valence electrons. The van der Waals surface area contributed by atoms with Gasteiger partial charge in [-0.2, -0.15) is 0 Å². The minimum absolute atomic E-state index is 0.476. The van der Waals surface area contributed by atoms with Gasteiger partial charge in [-0.3, -0.25) is 4.99 Å². The predicted molar refractivity (Wildman–Crippen MR) is 62.7 cm³/mol. The Morgan fingerprint density at radius 1 is 1.40 bits per heavy atom. The molecular formula is C13H20N2+2. The first-order valence-corrected chi connectivity index (χ1v) is 5.35. The molecule has 15 heavy (non-hydrogen) atoms. The van der Waals surface area contributed by atoms with Gasteiger partial charge < -0.3 is 0 Å². The highest BCUT2D eigenvalue weighted by Crippen LogP contribution is 2.18. The molecule has 0 aromatic carbocycles. The van der Waals surface area contributed by atoms with Gasteiger partial charge in [0.05, 0.1) is 0 Å². The summed E-state index contributed by atoms with van der Waals surface area (Å²) in [6.07, 6.45) is 11.6. The monoisotopic (exact) mass is 204 g/mol. The van der Waals surface area contributed by atoms with Crippen LogP contribution < -0.4 is 9.56 Å². The number of nitrogens with one attached hydrogen (secondary N) is 1. The van der Waals surface area contributed by atoms with Crippen LogP contribution in [0, 0.1) is 0 Å². The van der Waals surface area contributed by atoms with Gasteiger partial charge in [-0.25, -0.2) is 4.57 Å². The normalized spacial score (nSPS) is 13.8. The number of rotatable bonds is 4. The maximum absolute atomic E-state index is 3.07. The van der Waals surface area contributed by atoms with E-state index in [1.165, 1.54) is 5.56 Å². The van der Waals surface area contributed by atoms with E-state index in [4.69, 9.17) is 0 Å². The summed E-state index contributed by atoms with van der Waals surface area (Å²) < 4.78 is 2.05. The highest BCUT2D eigenvalue weighted by Gasteiger charge is 2.08. The van der Waals surface area contributed by atoms with Gasteiger partial charge in [-0.15, -0.1) is 0 Å². The van der Waals surface area contributed by atoms with Crippen molar-refractivity contribution in [1.82, 2.24) is 0 Å². The first kappa shape index (κ1) is 11.6. The van der Waals surface area contributed by atoms with E-state index in [1.807, 2.05) is 14.1 Å². The van der Waals surface area contributed by atoms with Crippen LogP contribution in [0.1, 0.15) is 24.8 Å². The minimum Gasteiger partial charge on any atom is -0.254 e. The Balaban J connectivity index is 2.83. The molecule has 0 saturated carbocycles. The molecular weight excluding hydrogens is 184 g/mol. The van der Waals surface area contributed by atoms with Crippen molar-refractivity contribution in [2.75, 3.05) is 7.05 Å². The summed E-state index contributed by atoms with van der Waals surface area (Å²) in [4.78, 5) is 3.07. The number of allylic oxidation sites excluding steroid dienone is 2. The van der Waals surface area contributed by atoms with Crippen molar-refractivity contribution < 1.29 is 9.56 Å². The summed E-state index contributed by atoms with van der Waals surface area (Å²) in [6, 6.07) is 4.35. The van der Waals surface area contributed by atoms with Crippen LogP contribution in [-0.2, 0) is 7.05 Å². The Bertz CT molecular complexity index is 336. The van der Waals surface area contributed by atoms with Crippen LogP contribution >= 0.6 is 0 Å². The van der Waals surface area contributed by atoms with Gasteiger partial charge >= 0.3 is 0 Å². The molecule has 0 aliphatic rings. The van der Waals surface area contributed by atoms with Gasteiger partial charge in [0.2, 0.25) is 0 Å². The zero-order valence-corrected chi connectivity index (χ0v) is 9.77. The molecule has 0 fully saturated rings. The van der Waals surface area contributed by atoms with E-state index in [0.717, 1.165) is 6.42 Å². The maximum atomic E-state index is 3.07. The molecule has 1 N–H and O–H groups in total. The van der Waals surface area contributed by atoms with E-state index < -0.39 is 0 Å². The van der Waals surface area contributed by atoms with E-state index >= 15 is 0 Å². The molecule has 0 aliphatic carbocycles. The maximum Gasteiger partial charge on any atom is 0.168 e. The second-order valence-corrected chi connectivity index (χ2v) is 3.66. The first-order chi connectivity index (χ1) is 7.27. The molecule has 0 amide bonds. The van der Waals surface area contributed by atoms with Crippen molar-refractivity contribution >= 4 is 6.21 Å². The second kappa shape index (κ2) is 6.12. The van der Waals surface area contributed by atoms with E-state index in [0.29, 0.717) is 5.92 Å². The third-order valence-electron chi connectivity index (χ3n) is 2.43. The Kier molecular flexibility index (Phi) is 4.75. The molecule has 2 nitrogen and oxygen atoms in total. The minimum atomic E-state index is 0.476. The highest BCUT2D eigenvalue weighted by molar-refractivity contribution is 5.53. The lowest BCUT2D eigenvalue weighted by Gasteiger charge is -2.07. The van der Waals surface area contributed by atoms with Gasteiger partial charge in [0.25, 0.3) is 0 Å². The largest absolute Gasteiger partial charge is 0.254 e. The Hall–Kier alpha value is -1.44. The van der Waals surface area contributed by atoms with Gasteiger partial charge in [-0.05, 0) is 12.5 Å². The van der Waals surface area contributed by atoms with Crippen LogP contribution in [0.2, 0.25) is 0 Å². The Morgan fingerprint density at radius 3 is 2.60 bits per heavy atom. The average Bonchev–Trinajstić information content (AvgIpc) is 2.25. The van der Waals surface area contributed by atoms with E-state index in [1.54, 1.807) is 0 Å². The quantitative estimate of drug-likeness (QED) is 0.414. The van der Waals surface area contributed by atoms with Crippen LogP contribution in [-0.4, -0.2) is 13.3 Å². The molecule has 0 aliphatic heterocycles. The number of aromatic nitrogens is 1. The molecule has 0 spiro atoms. The summed E-state index contributed by atoms with van der Waals surface area (Å²) in [5, 5.41) is 0. The van der Waals surface area contributed by atoms with Crippen molar-refractivity contribution in [2.45, 2.75) is 19.3 Å². The zero-order chi connectivity index (χ0) is 11.1. The smallest absolute Gasteiger partial charge is 0.168 e. The molecule has 0 bridgehead atoms. The standard InChI is InChI=1S/C13H19N2/c1-4-5-12(6-9-14-2)13-7-10-15(3)11-8-13/h4-5,7-12H,6H2,1-3H3/q+1/p+1/b5-4-,14-9?. The predicted octanol–water partition coefficient (Wildman–Crippen LogP) is 0.342. The third-order valence-corrected chi connectivity index (χ3v) is 2.43. The average molecular weight is 204 g/mol. The van der Waals surface area contributed by atoms with E-state index in [2.05, 4.69) is 59.4 Å². The van der Waals surface area contributed by atoms with Gasteiger partial charge in [-0.1, -0.05) is 12.2 Å². The van der Waals surface area contributed by atoms with Crippen LogP contribution in [0.4, 0.5) is 0 Å². The second-order valence-electron chi connectivity index (χ2n) is 3.66. The highest BCUT2D eigenvalue weighted by atomic mass is 14.9. The van der Waals surface area contributed by atoms with Crippen LogP contribution in [0.3, 0.4) is 0 Å². The SMILES string of the molecule is C/C=C\C(CC=[NH+]C)c1cc[n+](C)cc1. The van der Waals surface area contributed by atoms with Gasteiger partial charge in [0.15, 0.2) is 12.4 Å². The molecule has 2 heteroatoms. The number of hydrogen-bond donors (Lipinski definition) is 1. The van der Waals surface area contributed by atoms with Crippen molar-refractivity contribution in [1.29, 1.82) is 0 Å². The third kappa shape index (κ3) is 3.66. The fraction of sp³-hybridized carbons (Fsp3) is 0.385. The molecule has 0 saturated heterocycles. The number of pyridine rings is 1. The van der Waals surface area contributed by atoms with Crippen molar-refractivity contribution in [3.05, 3.63) is 42.2 Å². The Morgan fingerprint density at radius 2 is 2.07 bits per heavy atom. The fourth-order valence-electron chi connectivity index (χ4n) is 1.56. The first-order valence-electron chi connectivity index (χ1n) is 5.35. The molecule has 1 heterocycles. The van der Waals surface area contributed by atoms with Crippen LogP contribution in [0.5, 0.6) is 0 Å². The lowest BCUT2D eigenvalue weighted by atomic mass is 9.97. The Labute approximate surface area is 92.0 Å². The molecule has 1 aromatic heterocycles. The van der Waals surface area contributed by atoms with Gasteiger partial charge in [0, 0.05) is 24.5 Å². The lowest BCUT2D eigenvalue weighted by molar-refractivity contribution is -0.671. The fourth-order valence-corrected chi connectivity index (χ4v) is 1.56. The topological polar surface area (TPSA) is 17.9 Å². The number of aryl methyl sites for hydroxylation is 1. The van der Waals surface area contributed by atoms with E-state index in [9.17, 15) is 0 Å². The number of nitrogens with zero attached hydrogens (tertiary/aromatic N) is 1. The number of hydrogen-bond acceptors (Lipinski definition) is 0. The molecule has 1 atom stereocenters. The van der Waals surface area contributed by atoms with Crippen molar-refractivity contribution in [3.8, 4) is 0 Å². The summed E-state index contributed by atoms with van der Waals surface area (Å²) in [5.74, 6) is 0.476. The van der Waals surface area contributed by atoms with Gasteiger partial charge in [0.1, 0.15) is 20.3 Å². The van der Waals surface area contributed by atoms with E-state index in [-0.39, 0.29) is 0 Å². The molecule has 0 radical (unpaired) electrons. The van der Waals surface area contributed by atoms with Crippen LogP contribution in [0.25, 0.3) is 0 Å². The van der Waals surface area contributed by atoms with Crippen LogP contribution in [0.15, 0.2) is 36.7 Å². The lowest BCUT2D eigenvalue weighted by Crippen LogP contribution is -2.63. The van der Waals surface area contributed by atoms with Crippen molar-refractivity contribution in [2.24, 2.45) is 7.05 Å². The summed E-state index contributed by atoms with van der Waals surface area (Å²) in [7, 11) is 3.98. The van der Waals surface area contributed by atoms with Crippen molar-refractivity contribution in [3.63, 3.8) is 0 Å². The summed E-state index contributed by atoms with van der Waals surface area (Å²) in [6.45, 7) is 2.06. The summed E-state index contributed by atoms with van der Waals surface area (Å²) in [5.41, 5.74) is 1.36. The molecule has 1 rings (SSSR count). The molecule has 1 aromatic rings. The summed E-state index contributed by atoms with van der Waals surface area (Å²) >= 11 is 0. The zero-order valence-electron chi connectivity index (χ0n) is 9.77.